The molecule has 20 heavy (non-hydrogen) atoms. The van der Waals surface area contributed by atoms with Gasteiger partial charge in [-0.25, -0.2) is 13.1 Å². The lowest BCUT2D eigenvalue weighted by molar-refractivity contribution is 0.0554. The smallest absolute Gasteiger partial charge is 0.240 e. The van der Waals surface area contributed by atoms with Gasteiger partial charge in [-0.1, -0.05) is 26.3 Å². The number of hydrogen-bond acceptors (Lipinski definition) is 4. The number of nitrogens with two attached hydrogens (primary N) is 1. The Bertz CT molecular complexity index is 554. The minimum Gasteiger partial charge on any atom is -0.398 e. The van der Waals surface area contributed by atoms with Gasteiger partial charge in [0.2, 0.25) is 10.0 Å². The van der Waals surface area contributed by atoms with Crippen molar-refractivity contribution in [2.75, 3.05) is 12.3 Å². The molecule has 0 aliphatic heterocycles. The molecule has 0 amide bonds. The minimum absolute atomic E-state index is 0.0153. The highest BCUT2D eigenvalue weighted by Crippen LogP contribution is 2.19. The lowest BCUT2D eigenvalue weighted by Crippen LogP contribution is -2.40. The van der Waals surface area contributed by atoms with Crippen LogP contribution in [0.1, 0.15) is 39.2 Å². The second-order valence-corrected chi connectivity index (χ2v) is 7.05. The third-order valence-electron chi connectivity index (χ3n) is 3.24. The first-order valence-corrected chi connectivity index (χ1v) is 8.30. The van der Waals surface area contributed by atoms with E-state index < -0.39 is 15.6 Å². The van der Waals surface area contributed by atoms with Crippen LogP contribution in [0.3, 0.4) is 0 Å². The fourth-order valence-electron chi connectivity index (χ4n) is 2.02. The summed E-state index contributed by atoms with van der Waals surface area (Å²) in [6, 6.07) is 4.70. The number of benzene rings is 1. The first kappa shape index (κ1) is 16.9. The van der Waals surface area contributed by atoms with Crippen LogP contribution in [-0.2, 0) is 16.4 Å². The van der Waals surface area contributed by atoms with E-state index in [4.69, 9.17) is 5.73 Å². The van der Waals surface area contributed by atoms with Gasteiger partial charge in [0.15, 0.2) is 0 Å². The number of aliphatic hydroxyl groups is 1. The third-order valence-corrected chi connectivity index (χ3v) is 4.64. The molecule has 6 heteroatoms. The van der Waals surface area contributed by atoms with Crippen LogP contribution >= 0.6 is 0 Å². The summed E-state index contributed by atoms with van der Waals surface area (Å²) < 4.78 is 26.7. The summed E-state index contributed by atoms with van der Waals surface area (Å²) in [5, 5.41) is 10.0. The highest BCUT2D eigenvalue weighted by atomic mass is 32.2. The van der Waals surface area contributed by atoms with Crippen molar-refractivity contribution in [2.24, 2.45) is 0 Å². The zero-order valence-electron chi connectivity index (χ0n) is 12.3. The monoisotopic (exact) mass is 300 g/mol. The Balaban J connectivity index is 2.87. The molecule has 0 aromatic heterocycles. The van der Waals surface area contributed by atoms with E-state index in [1.165, 1.54) is 12.1 Å². The number of nitrogen functional groups attached to an aromatic ring is 1. The molecule has 4 N–H and O–H groups in total. The molecule has 114 valence electrons. The predicted octanol–water partition coefficient (Wildman–Crippen LogP) is 1.66. The molecule has 0 radical (unpaired) electrons. The van der Waals surface area contributed by atoms with Crippen LogP contribution in [0.2, 0.25) is 0 Å². The van der Waals surface area contributed by atoms with Gasteiger partial charge >= 0.3 is 0 Å². The number of hydrogen-bond donors (Lipinski definition) is 3. The van der Waals surface area contributed by atoms with E-state index in [1.54, 1.807) is 13.0 Å². The molecule has 0 aliphatic rings. The Morgan fingerprint density at radius 3 is 2.50 bits per heavy atom. The Hall–Kier alpha value is -1.11. The van der Waals surface area contributed by atoms with E-state index in [-0.39, 0.29) is 11.4 Å². The van der Waals surface area contributed by atoms with Gasteiger partial charge in [-0.3, -0.25) is 0 Å². The number of anilines is 1. The summed E-state index contributed by atoms with van der Waals surface area (Å²) in [6.07, 6.45) is 2.07. The maximum Gasteiger partial charge on any atom is 0.240 e. The van der Waals surface area contributed by atoms with Crippen molar-refractivity contribution in [3.8, 4) is 0 Å². The van der Waals surface area contributed by atoms with Crippen LogP contribution < -0.4 is 10.5 Å². The average Bonchev–Trinajstić information content (AvgIpc) is 2.36. The molecule has 1 aromatic carbocycles. The molecule has 1 atom stereocenters. The molecular weight excluding hydrogens is 276 g/mol. The van der Waals surface area contributed by atoms with Crippen molar-refractivity contribution < 1.29 is 13.5 Å². The molecular formula is C14H24N2O3S. The van der Waals surface area contributed by atoms with Gasteiger partial charge in [0.25, 0.3) is 0 Å². The van der Waals surface area contributed by atoms with Crippen molar-refractivity contribution in [3.63, 3.8) is 0 Å². The number of nitrogens with one attached hydrogen (secondary N) is 1. The largest absolute Gasteiger partial charge is 0.398 e. The first-order valence-electron chi connectivity index (χ1n) is 6.82. The zero-order valence-corrected chi connectivity index (χ0v) is 13.1. The number of sulfonamides is 1. The normalized spacial score (nSPS) is 15.0. The summed E-state index contributed by atoms with van der Waals surface area (Å²) >= 11 is 0. The Morgan fingerprint density at radius 1 is 1.35 bits per heavy atom. The summed E-state index contributed by atoms with van der Waals surface area (Å²) in [6.45, 7) is 5.50. The van der Waals surface area contributed by atoms with Crippen LogP contribution in [0.5, 0.6) is 0 Å². The van der Waals surface area contributed by atoms with E-state index in [9.17, 15) is 13.5 Å². The van der Waals surface area contributed by atoms with Crippen molar-refractivity contribution in [3.05, 3.63) is 23.8 Å². The highest BCUT2D eigenvalue weighted by Gasteiger charge is 2.23. The molecule has 0 fully saturated rings. The van der Waals surface area contributed by atoms with Gasteiger partial charge in [0.1, 0.15) is 0 Å². The molecule has 0 spiro atoms. The van der Waals surface area contributed by atoms with E-state index in [0.717, 1.165) is 18.4 Å². The van der Waals surface area contributed by atoms with Gasteiger partial charge in [-0.05, 0) is 37.5 Å². The molecule has 0 heterocycles. The van der Waals surface area contributed by atoms with Crippen LogP contribution in [-0.4, -0.2) is 25.7 Å². The van der Waals surface area contributed by atoms with Gasteiger partial charge in [0.05, 0.1) is 10.5 Å². The summed E-state index contributed by atoms with van der Waals surface area (Å²) in [5.74, 6) is 0. The van der Waals surface area contributed by atoms with Crippen molar-refractivity contribution >= 4 is 15.7 Å². The van der Waals surface area contributed by atoms with Gasteiger partial charge in [0, 0.05) is 12.2 Å². The first-order chi connectivity index (χ1) is 9.22. The highest BCUT2D eigenvalue weighted by molar-refractivity contribution is 7.89. The maximum atomic E-state index is 12.2. The molecule has 1 aromatic rings. The SMILES string of the molecule is CCCC(C)(O)CNS(=O)(=O)c1ccc(CC)c(N)c1. The Kier molecular flexibility index (Phi) is 5.56. The summed E-state index contributed by atoms with van der Waals surface area (Å²) in [7, 11) is -3.65. The quantitative estimate of drug-likeness (QED) is 0.668. The average molecular weight is 300 g/mol. The minimum atomic E-state index is -3.65. The van der Waals surface area contributed by atoms with Crippen LogP contribution in [0.4, 0.5) is 5.69 Å². The predicted molar refractivity (Wildman–Crippen MR) is 81.0 cm³/mol. The second-order valence-electron chi connectivity index (χ2n) is 5.29. The van der Waals surface area contributed by atoms with Gasteiger partial charge in [-0.15, -0.1) is 0 Å². The van der Waals surface area contributed by atoms with Crippen molar-refractivity contribution in [1.82, 2.24) is 4.72 Å². The van der Waals surface area contributed by atoms with E-state index in [2.05, 4.69) is 4.72 Å². The fraction of sp³-hybridized carbons (Fsp3) is 0.571. The maximum absolute atomic E-state index is 12.2. The number of rotatable bonds is 7. The third kappa shape index (κ3) is 4.47. The Labute approximate surface area is 121 Å². The van der Waals surface area contributed by atoms with Crippen molar-refractivity contribution in [1.29, 1.82) is 0 Å². The second kappa shape index (κ2) is 6.56. The lowest BCUT2D eigenvalue weighted by atomic mass is 10.0. The standard InChI is InChI=1S/C14H24N2O3S/c1-4-8-14(3,17)10-16-20(18,19)12-7-6-11(5-2)13(15)9-12/h6-7,9,16-17H,4-5,8,10,15H2,1-3H3. The van der Waals surface area contributed by atoms with E-state index >= 15 is 0 Å². The molecule has 0 aliphatic carbocycles. The zero-order chi connectivity index (χ0) is 15.4. The summed E-state index contributed by atoms with van der Waals surface area (Å²) in [4.78, 5) is 0.125. The Morgan fingerprint density at radius 2 is 2.00 bits per heavy atom. The lowest BCUT2D eigenvalue weighted by Gasteiger charge is -2.23. The van der Waals surface area contributed by atoms with Crippen molar-refractivity contribution in [2.45, 2.75) is 50.5 Å². The van der Waals surface area contributed by atoms with E-state index in [1.807, 2.05) is 13.8 Å². The molecule has 1 unspecified atom stereocenters. The van der Waals surface area contributed by atoms with Crippen LogP contribution in [0, 0.1) is 0 Å². The summed E-state index contributed by atoms with van der Waals surface area (Å²) in [5.41, 5.74) is 6.16. The number of aryl methyl sites for hydroxylation is 1. The topological polar surface area (TPSA) is 92.4 Å². The molecule has 0 saturated heterocycles. The van der Waals surface area contributed by atoms with E-state index in [0.29, 0.717) is 12.1 Å². The fourth-order valence-corrected chi connectivity index (χ4v) is 3.22. The van der Waals surface area contributed by atoms with Crippen LogP contribution in [0.25, 0.3) is 0 Å². The molecule has 0 saturated carbocycles. The van der Waals surface area contributed by atoms with Gasteiger partial charge in [-0.2, -0.15) is 0 Å². The molecule has 0 bridgehead atoms. The molecule has 1 rings (SSSR count). The molecule has 5 nitrogen and oxygen atoms in total. The van der Waals surface area contributed by atoms with Crippen LogP contribution in [0.15, 0.2) is 23.1 Å². The van der Waals surface area contributed by atoms with Gasteiger partial charge < -0.3 is 10.8 Å².